The summed E-state index contributed by atoms with van der Waals surface area (Å²) in [6.45, 7) is 4.15. The molecule has 1 aliphatic rings. The van der Waals surface area contributed by atoms with Gasteiger partial charge in [-0.2, -0.15) is 0 Å². The van der Waals surface area contributed by atoms with Gasteiger partial charge in [0.05, 0.1) is 6.61 Å². The maximum Gasteiger partial charge on any atom is 0.0502 e. The number of rotatable bonds is 8. The minimum absolute atomic E-state index is 0.571. The first-order valence-corrected chi connectivity index (χ1v) is 7.16. The van der Waals surface area contributed by atoms with E-state index in [0.29, 0.717) is 6.04 Å². The zero-order valence-corrected chi connectivity index (χ0v) is 11.6. The zero-order valence-electron chi connectivity index (χ0n) is 11.6. The molecule has 0 heterocycles. The van der Waals surface area contributed by atoms with E-state index >= 15 is 0 Å². The molecule has 0 aliphatic heterocycles. The number of benzene rings is 1. The van der Waals surface area contributed by atoms with Gasteiger partial charge in [-0.3, -0.25) is 0 Å². The Morgan fingerprint density at radius 2 is 2.00 bits per heavy atom. The topological polar surface area (TPSA) is 21.3 Å². The summed E-state index contributed by atoms with van der Waals surface area (Å²) >= 11 is 0. The van der Waals surface area contributed by atoms with Crippen molar-refractivity contribution in [2.45, 2.75) is 38.6 Å². The van der Waals surface area contributed by atoms with Gasteiger partial charge >= 0.3 is 0 Å². The first-order valence-electron chi connectivity index (χ1n) is 7.16. The summed E-state index contributed by atoms with van der Waals surface area (Å²) in [7, 11) is 1.76. The molecule has 1 aliphatic carbocycles. The lowest BCUT2D eigenvalue weighted by Crippen LogP contribution is -2.23. The van der Waals surface area contributed by atoms with E-state index in [1.165, 1.54) is 30.4 Å². The van der Waals surface area contributed by atoms with Gasteiger partial charge in [-0.1, -0.05) is 31.2 Å². The first kappa shape index (κ1) is 13.6. The normalized spacial score (nSPS) is 16.8. The third kappa shape index (κ3) is 3.82. The van der Waals surface area contributed by atoms with Gasteiger partial charge in [-0.25, -0.2) is 0 Å². The van der Waals surface area contributed by atoms with Gasteiger partial charge in [0.1, 0.15) is 0 Å². The van der Waals surface area contributed by atoms with Gasteiger partial charge in [-0.05, 0) is 49.3 Å². The van der Waals surface area contributed by atoms with Crippen LogP contribution < -0.4 is 5.32 Å². The van der Waals surface area contributed by atoms with E-state index in [0.717, 1.165) is 25.5 Å². The van der Waals surface area contributed by atoms with Crippen molar-refractivity contribution in [3.05, 3.63) is 35.4 Å². The maximum absolute atomic E-state index is 5.11. The van der Waals surface area contributed by atoms with E-state index in [1.54, 1.807) is 7.11 Å². The average molecular weight is 247 g/mol. The molecule has 0 aromatic heterocycles. The molecule has 0 saturated heterocycles. The van der Waals surface area contributed by atoms with Crippen molar-refractivity contribution in [1.29, 1.82) is 0 Å². The molecule has 100 valence electrons. The Morgan fingerprint density at radius 3 is 2.56 bits per heavy atom. The molecule has 1 fully saturated rings. The van der Waals surface area contributed by atoms with Crippen molar-refractivity contribution < 1.29 is 4.74 Å². The van der Waals surface area contributed by atoms with Crippen LogP contribution in [0.15, 0.2) is 24.3 Å². The quantitative estimate of drug-likeness (QED) is 0.761. The number of ether oxygens (including phenoxy) is 1. The highest BCUT2D eigenvalue weighted by molar-refractivity contribution is 5.26. The van der Waals surface area contributed by atoms with Crippen LogP contribution in [0.4, 0.5) is 0 Å². The Balaban J connectivity index is 1.96. The predicted molar refractivity (Wildman–Crippen MR) is 75.8 cm³/mol. The molecule has 2 nitrogen and oxygen atoms in total. The highest BCUT2D eigenvalue weighted by Gasteiger charge is 2.31. The number of nitrogens with one attached hydrogen (secondary N) is 1. The Kier molecular flexibility index (Phi) is 5.21. The highest BCUT2D eigenvalue weighted by atomic mass is 16.5. The van der Waals surface area contributed by atoms with Crippen molar-refractivity contribution in [2.24, 2.45) is 5.92 Å². The van der Waals surface area contributed by atoms with Crippen LogP contribution in [0.2, 0.25) is 0 Å². The lowest BCUT2D eigenvalue weighted by Gasteiger charge is -2.18. The Bertz CT molecular complexity index is 343. The van der Waals surface area contributed by atoms with E-state index < -0.39 is 0 Å². The van der Waals surface area contributed by atoms with Crippen molar-refractivity contribution >= 4 is 0 Å². The van der Waals surface area contributed by atoms with Crippen LogP contribution >= 0.6 is 0 Å². The van der Waals surface area contributed by atoms with Gasteiger partial charge in [0.15, 0.2) is 0 Å². The van der Waals surface area contributed by atoms with Crippen LogP contribution in [0.25, 0.3) is 0 Å². The van der Waals surface area contributed by atoms with Crippen LogP contribution in [0.3, 0.4) is 0 Å². The largest absolute Gasteiger partial charge is 0.384 e. The molecule has 1 atom stereocenters. The summed E-state index contributed by atoms with van der Waals surface area (Å²) in [5.74, 6) is 0.862. The molecule has 18 heavy (non-hydrogen) atoms. The van der Waals surface area contributed by atoms with Crippen molar-refractivity contribution in [3.63, 3.8) is 0 Å². The minimum atomic E-state index is 0.571. The molecular formula is C16H25NO. The average Bonchev–Trinajstić information content (AvgIpc) is 3.23. The van der Waals surface area contributed by atoms with Gasteiger partial charge < -0.3 is 10.1 Å². The second kappa shape index (κ2) is 6.91. The smallest absolute Gasteiger partial charge is 0.0502 e. The Labute approximate surface area is 111 Å². The van der Waals surface area contributed by atoms with Gasteiger partial charge in [0, 0.05) is 13.2 Å². The summed E-state index contributed by atoms with van der Waals surface area (Å²) in [6.07, 6.45) is 4.97. The lowest BCUT2D eigenvalue weighted by atomic mass is 10.00. The number of hydrogen-bond acceptors (Lipinski definition) is 2. The zero-order chi connectivity index (χ0) is 12.8. The van der Waals surface area contributed by atoms with E-state index in [-0.39, 0.29) is 0 Å². The Morgan fingerprint density at radius 1 is 1.28 bits per heavy atom. The van der Waals surface area contributed by atoms with Crippen LogP contribution in [-0.2, 0) is 11.2 Å². The fourth-order valence-corrected chi connectivity index (χ4v) is 2.40. The number of methoxy groups -OCH3 is 1. The summed E-state index contributed by atoms with van der Waals surface area (Å²) in [4.78, 5) is 0. The van der Waals surface area contributed by atoms with Crippen LogP contribution in [0.5, 0.6) is 0 Å². The minimum Gasteiger partial charge on any atom is -0.384 e. The van der Waals surface area contributed by atoms with Crippen molar-refractivity contribution in [2.75, 3.05) is 20.3 Å². The van der Waals surface area contributed by atoms with Crippen LogP contribution in [0, 0.1) is 5.92 Å². The molecule has 0 radical (unpaired) electrons. The summed E-state index contributed by atoms with van der Waals surface area (Å²) in [6, 6.07) is 9.64. The molecule has 1 N–H and O–H groups in total. The molecule has 1 saturated carbocycles. The highest BCUT2D eigenvalue weighted by Crippen LogP contribution is 2.40. The summed E-state index contributed by atoms with van der Waals surface area (Å²) in [5.41, 5.74) is 2.82. The van der Waals surface area contributed by atoms with Crippen molar-refractivity contribution in [1.82, 2.24) is 5.32 Å². The van der Waals surface area contributed by atoms with E-state index in [1.807, 2.05) is 0 Å². The third-order valence-electron chi connectivity index (χ3n) is 3.64. The van der Waals surface area contributed by atoms with E-state index in [9.17, 15) is 0 Å². The fourth-order valence-electron chi connectivity index (χ4n) is 2.40. The predicted octanol–water partition coefficient (Wildman–Crippen LogP) is 3.33. The van der Waals surface area contributed by atoms with E-state index in [2.05, 4.69) is 36.5 Å². The molecule has 0 amide bonds. The second-order valence-electron chi connectivity index (χ2n) is 5.25. The van der Waals surface area contributed by atoms with Crippen molar-refractivity contribution in [3.8, 4) is 0 Å². The SMILES string of the molecule is CCCNC(c1ccc(CCOC)cc1)C1CC1. The second-order valence-corrected chi connectivity index (χ2v) is 5.25. The molecule has 1 aromatic carbocycles. The monoisotopic (exact) mass is 247 g/mol. The molecule has 1 unspecified atom stereocenters. The van der Waals surface area contributed by atoms with Gasteiger partial charge in [0.2, 0.25) is 0 Å². The maximum atomic E-state index is 5.11. The van der Waals surface area contributed by atoms with E-state index in [4.69, 9.17) is 4.74 Å². The van der Waals surface area contributed by atoms with Crippen LogP contribution in [0.1, 0.15) is 43.4 Å². The third-order valence-corrected chi connectivity index (χ3v) is 3.64. The number of hydrogen-bond donors (Lipinski definition) is 1. The molecule has 2 rings (SSSR count). The van der Waals surface area contributed by atoms with Crippen LogP contribution in [-0.4, -0.2) is 20.3 Å². The fraction of sp³-hybridized carbons (Fsp3) is 0.625. The molecular weight excluding hydrogens is 222 g/mol. The first-order chi connectivity index (χ1) is 8.85. The molecule has 0 bridgehead atoms. The Hall–Kier alpha value is -0.860. The lowest BCUT2D eigenvalue weighted by molar-refractivity contribution is 0.202. The molecule has 0 spiro atoms. The molecule has 2 heteroatoms. The summed E-state index contributed by atoms with van der Waals surface area (Å²) < 4.78 is 5.11. The summed E-state index contributed by atoms with van der Waals surface area (Å²) in [5, 5.41) is 3.69. The van der Waals surface area contributed by atoms with Gasteiger partial charge in [0.25, 0.3) is 0 Å². The van der Waals surface area contributed by atoms with Gasteiger partial charge in [-0.15, -0.1) is 0 Å². The molecule has 1 aromatic rings. The standard InChI is InChI=1S/C16H25NO/c1-3-11-17-16(15-8-9-15)14-6-4-13(5-7-14)10-12-18-2/h4-7,15-17H,3,8-12H2,1-2H3.